The fraction of sp³-hybridized carbons (Fsp3) is 0.375. The van der Waals surface area contributed by atoms with E-state index in [9.17, 15) is 4.79 Å². The standard InChI is InChI=1S/C16H20ClN3O/c1-16(2,3)20-9-8-18-14(15(20)21)19-11-13-6-4-12(10-17)5-7-13/h4-9H,10-11H2,1-3H3,(H,18,19). The SMILES string of the molecule is CC(C)(C)n1ccnc(NCc2ccc(CCl)cc2)c1=O. The molecule has 0 aliphatic carbocycles. The summed E-state index contributed by atoms with van der Waals surface area (Å²) in [5.74, 6) is 0.874. The summed E-state index contributed by atoms with van der Waals surface area (Å²) in [4.78, 5) is 16.5. The Bertz CT molecular complexity index is 656. The van der Waals surface area contributed by atoms with Crippen molar-refractivity contribution >= 4 is 17.4 Å². The quantitative estimate of drug-likeness (QED) is 0.881. The molecular formula is C16H20ClN3O. The van der Waals surface area contributed by atoms with Gasteiger partial charge in [0.15, 0.2) is 5.82 Å². The van der Waals surface area contributed by atoms with Crippen LogP contribution in [0.15, 0.2) is 41.5 Å². The first-order valence-corrected chi connectivity index (χ1v) is 7.41. The van der Waals surface area contributed by atoms with E-state index in [4.69, 9.17) is 11.6 Å². The van der Waals surface area contributed by atoms with E-state index in [0.717, 1.165) is 11.1 Å². The van der Waals surface area contributed by atoms with E-state index in [2.05, 4.69) is 10.3 Å². The number of hydrogen-bond donors (Lipinski definition) is 1. The number of benzene rings is 1. The zero-order chi connectivity index (χ0) is 15.5. The van der Waals surface area contributed by atoms with Gasteiger partial charge in [-0.25, -0.2) is 4.98 Å². The van der Waals surface area contributed by atoms with E-state index in [1.54, 1.807) is 17.0 Å². The molecule has 0 bridgehead atoms. The lowest BCUT2D eigenvalue weighted by atomic mass is 10.1. The van der Waals surface area contributed by atoms with Crippen molar-refractivity contribution in [1.29, 1.82) is 0 Å². The number of halogens is 1. The molecule has 112 valence electrons. The summed E-state index contributed by atoms with van der Waals surface area (Å²) in [6.07, 6.45) is 3.36. The summed E-state index contributed by atoms with van der Waals surface area (Å²) < 4.78 is 1.68. The Hall–Kier alpha value is -1.81. The van der Waals surface area contributed by atoms with Crippen molar-refractivity contribution in [3.8, 4) is 0 Å². The average Bonchev–Trinajstić information content (AvgIpc) is 2.45. The first-order valence-electron chi connectivity index (χ1n) is 6.87. The summed E-state index contributed by atoms with van der Waals surface area (Å²) in [6, 6.07) is 7.96. The van der Waals surface area contributed by atoms with Gasteiger partial charge in [0.2, 0.25) is 0 Å². The number of rotatable bonds is 4. The van der Waals surface area contributed by atoms with E-state index >= 15 is 0 Å². The predicted molar refractivity (Wildman–Crippen MR) is 86.8 cm³/mol. The molecule has 0 radical (unpaired) electrons. The maximum absolute atomic E-state index is 12.4. The molecular weight excluding hydrogens is 286 g/mol. The van der Waals surface area contributed by atoms with Crippen LogP contribution in [0.3, 0.4) is 0 Å². The van der Waals surface area contributed by atoms with Crippen LogP contribution < -0.4 is 10.9 Å². The second-order valence-corrected chi connectivity index (χ2v) is 6.19. The van der Waals surface area contributed by atoms with Crippen LogP contribution >= 0.6 is 11.6 Å². The number of alkyl halides is 1. The third-order valence-electron chi connectivity index (χ3n) is 3.20. The summed E-state index contributed by atoms with van der Waals surface area (Å²) in [5.41, 5.74) is 1.78. The van der Waals surface area contributed by atoms with E-state index in [0.29, 0.717) is 18.2 Å². The monoisotopic (exact) mass is 305 g/mol. The highest BCUT2D eigenvalue weighted by Crippen LogP contribution is 2.12. The number of hydrogen-bond acceptors (Lipinski definition) is 3. The molecule has 0 amide bonds. The Balaban J connectivity index is 2.15. The zero-order valence-electron chi connectivity index (χ0n) is 12.6. The number of aromatic nitrogens is 2. The van der Waals surface area contributed by atoms with Gasteiger partial charge in [-0.15, -0.1) is 11.6 Å². The molecule has 21 heavy (non-hydrogen) atoms. The van der Waals surface area contributed by atoms with Crippen molar-refractivity contribution in [2.24, 2.45) is 0 Å². The molecule has 0 saturated carbocycles. The number of nitrogens with one attached hydrogen (secondary N) is 1. The van der Waals surface area contributed by atoms with E-state index in [1.807, 2.05) is 45.0 Å². The lowest BCUT2D eigenvalue weighted by Gasteiger charge is -2.22. The Labute approximate surface area is 129 Å². The minimum atomic E-state index is -0.265. The number of anilines is 1. The lowest BCUT2D eigenvalue weighted by molar-refractivity contribution is 0.383. The Morgan fingerprint density at radius 2 is 1.81 bits per heavy atom. The fourth-order valence-corrected chi connectivity index (χ4v) is 2.17. The van der Waals surface area contributed by atoms with Gasteiger partial charge in [-0.05, 0) is 31.9 Å². The number of nitrogens with zero attached hydrogens (tertiary/aromatic N) is 2. The van der Waals surface area contributed by atoms with Crippen LogP contribution in [0.2, 0.25) is 0 Å². The van der Waals surface area contributed by atoms with Crippen LogP contribution in [-0.2, 0) is 18.0 Å². The topological polar surface area (TPSA) is 46.9 Å². The van der Waals surface area contributed by atoms with Gasteiger partial charge in [0.05, 0.1) is 0 Å². The molecule has 0 saturated heterocycles. The fourth-order valence-electron chi connectivity index (χ4n) is 1.99. The molecule has 0 spiro atoms. The molecule has 1 N–H and O–H groups in total. The van der Waals surface area contributed by atoms with Gasteiger partial charge in [-0.1, -0.05) is 24.3 Å². The minimum Gasteiger partial charge on any atom is -0.361 e. The van der Waals surface area contributed by atoms with Crippen molar-refractivity contribution < 1.29 is 0 Å². The average molecular weight is 306 g/mol. The van der Waals surface area contributed by atoms with Gasteiger partial charge in [-0.3, -0.25) is 4.79 Å². The normalized spacial score (nSPS) is 11.4. The van der Waals surface area contributed by atoms with Crippen LogP contribution in [-0.4, -0.2) is 9.55 Å². The minimum absolute atomic E-state index is 0.109. The van der Waals surface area contributed by atoms with Crippen molar-refractivity contribution in [3.05, 3.63) is 58.1 Å². The van der Waals surface area contributed by atoms with Gasteiger partial charge in [0.25, 0.3) is 5.56 Å². The van der Waals surface area contributed by atoms with Crippen LogP contribution in [0.5, 0.6) is 0 Å². The van der Waals surface area contributed by atoms with Crippen molar-refractivity contribution in [3.63, 3.8) is 0 Å². The molecule has 0 unspecified atom stereocenters. The molecule has 2 rings (SSSR count). The molecule has 0 aliphatic rings. The molecule has 4 nitrogen and oxygen atoms in total. The third-order valence-corrected chi connectivity index (χ3v) is 3.51. The van der Waals surface area contributed by atoms with Gasteiger partial charge < -0.3 is 9.88 Å². The molecule has 1 heterocycles. The Morgan fingerprint density at radius 1 is 1.19 bits per heavy atom. The zero-order valence-corrected chi connectivity index (χ0v) is 13.3. The lowest BCUT2D eigenvalue weighted by Crippen LogP contribution is -2.35. The van der Waals surface area contributed by atoms with Gasteiger partial charge >= 0.3 is 0 Å². The van der Waals surface area contributed by atoms with Gasteiger partial charge in [-0.2, -0.15) is 0 Å². The van der Waals surface area contributed by atoms with Crippen LogP contribution in [0.1, 0.15) is 31.9 Å². The first-order chi connectivity index (χ1) is 9.91. The largest absolute Gasteiger partial charge is 0.361 e. The highest BCUT2D eigenvalue weighted by molar-refractivity contribution is 6.17. The van der Waals surface area contributed by atoms with Crippen LogP contribution in [0.4, 0.5) is 5.82 Å². The highest BCUT2D eigenvalue weighted by Gasteiger charge is 2.16. The molecule has 0 atom stereocenters. The smallest absolute Gasteiger partial charge is 0.293 e. The Morgan fingerprint density at radius 3 is 2.38 bits per heavy atom. The second-order valence-electron chi connectivity index (χ2n) is 5.93. The predicted octanol–water partition coefficient (Wildman–Crippen LogP) is 3.35. The highest BCUT2D eigenvalue weighted by atomic mass is 35.5. The van der Waals surface area contributed by atoms with Gasteiger partial charge in [0.1, 0.15) is 0 Å². The van der Waals surface area contributed by atoms with Crippen molar-refractivity contribution in [1.82, 2.24) is 9.55 Å². The molecule has 0 fully saturated rings. The summed E-state index contributed by atoms with van der Waals surface area (Å²) >= 11 is 5.76. The Kier molecular flexibility index (Phi) is 4.68. The van der Waals surface area contributed by atoms with Crippen molar-refractivity contribution in [2.75, 3.05) is 5.32 Å². The van der Waals surface area contributed by atoms with E-state index < -0.39 is 0 Å². The molecule has 5 heteroatoms. The molecule has 0 aliphatic heterocycles. The molecule has 2 aromatic rings. The van der Waals surface area contributed by atoms with Gasteiger partial charge in [0, 0.05) is 30.4 Å². The first kappa shape index (κ1) is 15.6. The maximum atomic E-state index is 12.4. The molecule has 1 aromatic heterocycles. The van der Waals surface area contributed by atoms with Crippen LogP contribution in [0, 0.1) is 0 Å². The third kappa shape index (κ3) is 3.85. The van der Waals surface area contributed by atoms with Crippen molar-refractivity contribution in [2.45, 2.75) is 38.7 Å². The van der Waals surface area contributed by atoms with E-state index in [-0.39, 0.29) is 11.1 Å². The summed E-state index contributed by atoms with van der Waals surface area (Å²) in [7, 11) is 0. The summed E-state index contributed by atoms with van der Waals surface area (Å²) in [6.45, 7) is 6.52. The maximum Gasteiger partial charge on any atom is 0.293 e. The summed E-state index contributed by atoms with van der Waals surface area (Å²) in [5, 5.41) is 3.10. The second kappa shape index (κ2) is 6.31. The van der Waals surface area contributed by atoms with E-state index in [1.165, 1.54) is 0 Å². The molecule has 1 aromatic carbocycles. The van der Waals surface area contributed by atoms with Crippen LogP contribution in [0.25, 0.3) is 0 Å².